The first-order valence-electron chi connectivity index (χ1n) is 16.6. The SMILES string of the molecule is CCc1cc(CC)c(-c2c(CC)c(C)nn(C)c2=O)c(CC)c1.CCc1cc(CC)c(-c2c(O)c(C)nn(C)c2=O)c(CC)c1. The van der Waals surface area contributed by atoms with Gasteiger partial charge in [0.2, 0.25) is 0 Å². The van der Waals surface area contributed by atoms with Crippen molar-refractivity contribution in [3.63, 3.8) is 0 Å². The predicted molar refractivity (Wildman–Crippen MR) is 187 cm³/mol. The molecule has 2 aromatic heterocycles. The van der Waals surface area contributed by atoms with E-state index in [9.17, 15) is 14.7 Å². The Morgan fingerprint density at radius 3 is 1.24 bits per heavy atom. The standard InChI is InChI=1S/C20H28N2O.C18H24N2O2/c1-7-14-11-15(8-2)18(16(9-3)12-14)19-17(10-4)13(5)21-22(6)20(19)23;1-6-12-9-13(7-2)15(14(8-3)10-12)16-17(21)11(4)19-20(5)18(16)22/h11-12H,7-10H2,1-6H3;9-10,21H,6-8H2,1-5H3. The number of hydrogen-bond donors (Lipinski definition) is 1. The van der Waals surface area contributed by atoms with Crippen molar-refractivity contribution in [2.45, 2.75) is 107 Å². The molecule has 4 aromatic rings. The van der Waals surface area contributed by atoms with Crippen LogP contribution in [-0.4, -0.2) is 24.7 Å². The smallest absolute Gasteiger partial charge is 0.278 e. The lowest BCUT2D eigenvalue weighted by molar-refractivity contribution is 0.460. The van der Waals surface area contributed by atoms with Crippen molar-refractivity contribution in [2.24, 2.45) is 14.1 Å². The van der Waals surface area contributed by atoms with Gasteiger partial charge in [0.15, 0.2) is 5.75 Å². The highest BCUT2D eigenvalue weighted by Gasteiger charge is 2.22. The lowest BCUT2D eigenvalue weighted by Gasteiger charge is -2.19. The predicted octanol–water partition coefficient (Wildman–Crippen LogP) is 7.15. The summed E-state index contributed by atoms with van der Waals surface area (Å²) < 4.78 is 2.79. The highest BCUT2D eigenvalue weighted by molar-refractivity contribution is 5.77. The minimum atomic E-state index is -0.253. The molecule has 7 nitrogen and oxygen atoms in total. The number of hydrogen-bond acceptors (Lipinski definition) is 5. The highest BCUT2D eigenvalue weighted by Crippen LogP contribution is 2.35. The van der Waals surface area contributed by atoms with Gasteiger partial charge >= 0.3 is 0 Å². The minimum absolute atomic E-state index is 0.00301. The molecule has 45 heavy (non-hydrogen) atoms. The van der Waals surface area contributed by atoms with E-state index in [1.165, 1.54) is 31.6 Å². The summed E-state index contributed by atoms with van der Waals surface area (Å²) >= 11 is 0. The molecule has 0 saturated heterocycles. The first kappa shape index (κ1) is 35.5. The van der Waals surface area contributed by atoms with E-state index in [1.54, 1.807) is 21.0 Å². The molecule has 0 aliphatic carbocycles. The first-order valence-corrected chi connectivity index (χ1v) is 16.6. The summed E-state index contributed by atoms with van der Waals surface area (Å²) in [6.07, 6.45) is 6.31. The Balaban J connectivity index is 0.000000246. The van der Waals surface area contributed by atoms with E-state index in [2.05, 4.69) is 82.9 Å². The zero-order chi connectivity index (χ0) is 33.6. The summed E-state index contributed by atoms with van der Waals surface area (Å²) in [5, 5.41) is 18.9. The molecule has 0 unspecified atom stereocenters. The molecule has 242 valence electrons. The molecule has 0 aliphatic rings. The molecule has 0 bridgehead atoms. The Morgan fingerprint density at radius 1 is 0.533 bits per heavy atom. The van der Waals surface area contributed by atoms with Crippen LogP contribution in [0.4, 0.5) is 0 Å². The Kier molecular flexibility index (Phi) is 12.1. The van der Waals surface area contributed by atoms with Crippen LogP contribution in [0, 0.1) is 13.8 Å². The van der Waals surface area contributed by atoms with Crippen molar-refractivity contribution in [2.75, 3.05) is 0 Å². The number of aromatic hydroxyl groups is 1. The number of benzene rings is 2. The molecule has 0 fully saturated rings. The van der Waals surface area contributed by atoms with Crippen LogP contribution in [-0.2, 0) is 59.0 Å². The maximum Gasteiger partial charge on any atom is 0.278 e. The molecule has 0 aliphatic heterocycles. The van der Waals surface area contributed by atoms with Crippen molar-refractivity contribution >= 4 is 0 Å². The van der Waals surface area contributed by atoms with Gasteiger partial charge in [-0.25, -0.2) is 9.36 Å². The van der Waals surface area contributed by atoms with E-state index < -0.39 is 0 Å². The molecule has 0 saturated carbocycles. The van der Waals surface area contributed by atoms with Crippen LogP contribution in [0.1, 0.15) is 98.8 Å². The Labute approximate surface area is 269 Å². The molecule has 0 amide bonds. The fourth-order valence-corrected chi connectivity index (χ4v) is 6.33. The fraction of sp³-hybridized carbons (Fsp3) is 0.474. The Bertz CT molecular complexity index is 1750. The van der Waals surface area contributed by atoms with Crippen LogP contribution >= 0.6 is 0 Å². The third kappa shape index (κ3) is 7.13. The second kappa shape index (κ2) is 15.3. The van der Waals surface area contributed by atoms with Crippen LogP contribution < -0.4 is 11.1 Å². The van der Waals surface area contributed by atoms with Crippen LogP contribution in [0.15, 0.2) is 33.9 Å². The summed E-state index contributed by atoms with van der Waals surface area (Å²) in [6.45, 7) is 18.6. The van der Waals surface area contributed by atoms with E-state index in [1.807, 2.05) is 6.92 Å². The summed E-state index contributed by atoms with van der Waals surface area (Å²) in [6, 6.07) is 8.82. The average molecular weight is 613 g/mol. The van der Waals surface area contributed by atoms with E-state index >= 15 is 0 Å². The third-order valence-electron chi connectivity index (χ3n) is 8.85. The number of rotatable bonds is 9. The van der Waals surface area contributed by atoms with Gasteiger partial charge in [0.1, 0.15) is 5.69 Å². The lowest BCUT2D eigenvalue weighted by atomic mass is 9.87. The third-order valence-corrected chi connectivity index (χ3v) is 8.85. The molecule has 2 heterocycles. The van der Waals surface area contributed by atoms with Crippen LogP contribution in [0.25, 0.3) is 22.3 Å². The maximum atomic E-state index is 12.9. The second-order valence-electron chi connectivity index (χ2n) is 11.7. The number of nitrogens with zero attached hydrogens (tertiary/aromatic N) is 4. The van der Waals surface area contributed by atoms with Crippen molar-refractivity contribution in [3.05, 3.63) is 95.3 Å². The van der Waals surface area contributed by atoms with Gasteiger partial charge in [0.05, 0.1) is 16.8 Å². The normalized spacial score (nSPS) is 11.0. The van der Waals surface area contributed by atoms with E-state index in [-0.39, 0.29) is 16.9 Å². The minimum Gasteiger partial charge on any atom is -0.505 e. The molecule has 2 aromatic carbocycles. The fourth-order valence-electron chi connectivity index (χ4n) is 6.33. The number of aromatic nitrogens is 4. The highest BCUT2D eigenvalue weighted by atomic mass is 16.3. The Morgan fingerprint density at radius 2 is 0.889 bits per heavy atom. The molecule has 4 rings (SSSR count). The molecule has 7 heteroatoms. The van der Waals surface area contributed by atoms with Crippen molar-refractivity contribution in [3.8, 4) is 28.0 Å². The lowest BCUT2D eigenvalue weighted by Crippen LogP contribution is -2.25. The van der Waals surface area contributed by atoms with Crippen LogP contribution in [0.2, 0.25) is 0 Å². The zero-order valence-electron chi connectivity index (χ0n) is 29.3. The van der Waals surface area contributed by atoms with Gasteiger partial charge in [0.25, 0.3) is 11.1 Å². The van der Waals surface area contributed by atoms with Crippen LogP contribution in [0.3, 0.4) is 0 Å². The molecule has 0 spiro atoms. The Hall–Kier alpha value is -4.00. The van der Waals surface area contributed by atoms with Gasteiger partial charge in [-0.15, -0.1) is 0 Å². The van der Waals surface area contributed by atoms with E-state index in [0.29, 0.717) is 11.3 Å². The first-order chi connectivity index (χ1) is 21.4. The molecular formula is C38H52N4O3. The molecule has 0 atom stereocenters. The van der Waals surface area contributed by atoms with Gasteiger partial charge in [-0.3, -0.25) is 9.59 Å². The molecular weight excluding hydrogens is 560 g/mol. The quantitative estimate of drug-likeness (QED) is 0.217. The van der Waals surface area contributed by atoms with Gasteiger partial charge in [-0.1, -0.05) is 72.7 Å². The van der Waals surface area contributed by atoms with Gasteiger partial charge in [-0.2, -0.15) is 10.2 Å². The van der Waals surface area contributed by atoms with Crippen molar-refractivity contribution in [1.29, 1.82) is 0 Å². The monoisotopic (exact) mass is 612 g/mol. The van der Waals surface area contributed by atoms with Gasteiger partial charge < -0.3 is 5.11 Å². The van der Waals surface area contributed by atoms with E-state index in [4.69, 9.17) is 0 Å². The summed E-state index contributed by atoms with van der Waals surface area (Å²) in [5.74, 6) is -0.00301. The van der Waals surface area contributed by atoms with E-state index in [0.717, 1.165) is 84.0 Å². The summed E-state index contributed by atoms with van der Waals surface area (Å²) in [7, 11) is 3.37. The topological polar surface area (TPSA) is 90.0 Å². The van der Waals surface area contributed by atoms with Gasteiger partial charge in [0, 0.05) is 14.1 Å². The maximum absolute atomic E-state index is 12.9. The largest absolute Gasteiger partial charge is 0.505 e. The summed E-state index contributed by atoms with van der Waals surface area (Å²) in [4.78, 5) is 25.5. The number of aryl methyl sites for hydroxylation is 10. The van der Waals surface area contributed by atoms with Crippen molar-refractivity contribution < 1.29 is 5.11 Å². The average Bonchev–Trinajstić information content (AvgIpc) is 3.04. The van der Waals surface area contributed by atoms with Crippen LogP contribution in [0.5, 0.6) is 5.75 Å². The zero-order valence-corrected chi connectivity index (χ0v) is 29.3. The molecule has 1 N–H and O–H groups in total. The van der Waals surface area contributed by atoms with Gasteiger partial charge in [-0.05, 0) is 109 Å². The molecule has 0 radical (unpaired) electrons. The van der Waals surface area contributed by atoms with Crippen molar-refractivity contribution in [1.82, 2.24) is 19.6 Å². The second-order valence-corrected chi connectivity index (χ2v) is 11.7. The summed E-state index contributed by atoms with van der Waals surface area (Å²) in [5.41, 5.74) is 12.9.